The lowest BCUT2D eigenvalue weighted by molar-refractivity contribution is 0.178. The maximum Gasteiger partial charge on any atom is 0.0705 e. The number of hydrogen-bond acceptors (Lipinski definition) is 3. The zero-order valence-corrected chi connectivity index (χ0v) is 4.78. The first kappa shape index (κ1) is 4.73. The van der Waals surface area contributed by atoms with Gasteiger partial charge in [-0.1, -0.05) is 0 Å². The number of fused-ring (bicyclic) bond motifs is 3. The second-order valence-corrected chi connectivity index (χ2v) is 2.52. The molecular formula is C5H11N3. The van der Waals surface area contributed by atoms with Crippen molar-refractivity contribution in [2.24, 2.45) is 0 Å². The SMILES string of the molecule is C1CC2NCC1NN2. The Morgan fingerprint density at radius 3 is 2.25 bits per heavy atom. The van der Waals surface area contributed by atoms with Crippen molar-refractivity contribution in [3.63, 3.8) is 0 Å². The van der Waals surface area contributed by atoms with E-state index in [0.29, 0.717) is 12.2 Å². The van der Waals surface area contributed by atoms with E-state index in [9.17, 15) is 0 Å². The van der Waals surface area contributed by atoms with Gasteiger partial charge in [0, 0.05) is 12.6 Å². The molecule has 3 aliphatic rings. The molecule has 46 valence electrons. The van der Waals surface area contributed by atoms with Crippen molar-refractivity contribution in [3.05, 3.63) is 0 Å². The first-order valence-electron chi connectivity index (χ1n) is 3.19. The third kappa shape index (κ3) is 0.632. The molecule has 2 atom stereocenters. The highest BCUT2D eigenvalue weighted by Gasteiger charge is 2.25. The van der Waals surface area contributed by atoms with Gasteiger partial charge < -0.3 is 0 Å². The fourth-order valence-electron chi connectivity index (χ4n) is 1.32. The molecular weight excluding hydrogens is 102 g/mol. The normalized spacial score (nSPS) is 45.0. The highest BCUT2D eigenvalue weighted by Crippen LogP contribution is 2.09. The van der Waals surface area contributed by atoms with Crippen LogP contribution in [0.4, 0.5) is 0 Å². The molecule has 0 radical (unpaired) electrons. The summed E-state index contributed by atoms with van der Waals surface area (Å²) in [6.07, 6.45) is 3.14. The molecule has 0 aromatic heterocycles. The molecule has 0 aromatic rings. The molecule has 0 aromatic carbocycles. The minimum absolute atomic E-state index is 0.542. The number of hydrogen-bond donors (Lipinski definition) is 3. The minimum Gasteiger partial charge on any atom is -0.299 e. The van der Waals surface area contributed by atoms with Gasteiger partial charge in [-0.25, -0.2) is 5.43 Å². The van der Waals surface area contributed by atoms with Crippen LogP contribution in [0.15, 0.2) is 0 Å². The van der Waals surface area contributed by atoms with Crippen LogP contribution in [0, 0.1) is 0 Å². The molecule has 2 unspecified atom stereocenters. The van der Waals surface area contributed by atoms with Crippen molar-refractivity contribution >= 4 is 0 Å². The number of piperidine rings is 1. The lowest BCUT2D eigenvalue weighted by Gasteiger charge is -2.38. The summed E-state index contributed by atoms with van der Waals surface area (Å²) >= 11 is 0. The van der Waals surface area contributed by atoms with Gasteiger partial charge in [-0.3, -0.25) is 10.7 Å². The predicted octanol–water partition coefficient (Wildman–Crippen LogP) is -0.828. The highest BCUT2D eigenvalue weighted by molar-refractivity contribution is 4.84. The molecule has 3 heteroatoms. The van der Waals surface area contributed by atoms with Crippen LogP contribution in [0.5, 0.6) is 0 Å². The second kappa shape index (κ2) is 1.69. The van der Waals surface area contributed by atoms with Crippen LogP contribution in [0.2, 0.25) is 0 Å². The smallest absolute Gasteiger partial charge is 0.0705 e. The van der Waals surface area contributed by atoms with E-state index in [4.69, 9.17) is 0 Å². The maximum atomic E-state index is 3.34. The Bertz CT molecular complexity index is 62.7. The van der Waals surface area contributed by atoms with Crippen LogP contribution in [0.25, 0.3) is 0 Å². The molecule has 0 aliphatic carbocycles. The summed E-state index contributed by atoms with van der Waals surface area (Å²) in [6, 6.07) is 0.681. The van der Waals surface area contributed by atoms with Crippen molar-refractivity contribution in [1.29, 1.82) is 0 Å². The Kier molecular flexibility index (Phi) is 0.997. The lowest BCUT2D eigenvalue weighted by Crippen LogP contribution is -2.66. The van der Waals surface area contributed by atoms with Gasteiger partial charge in [0.2, 0.25) is 0 Å². The van der Waals surface area contributed by atoms with E-state index in [1.165, 1.54) is 12.8 Å². The van der Waals surface area contributed by atoms with Crippen molar-refractivity contribution in [1.82, 2.24) is 16.2 Å². The predicted molar refractivity (Wildman–Crippen MR) is 31.1 cm³/mol. The Labute approximate surface area is 48.8 Å². The van der Waals surface area contributed by atoms with E-state index in [-0.39, 0.29) is 0 Å². The molecule has 3 rings (SSSR count). The summed E-state index contributed by atoms with van der Waals surface area (Å²) < 4.78 is 0. The summed E-state index contributed by atoms with van der Waals surface area (Å²) in [6.45, 7) is 1.14. The van der Waals surface area contributed by atoms with E-state index < -0.39 is 0 Å². The third-order valence-corrected chi connectivity index (χ3v) is 1.88. The molecule has 8 heavy (non-hydrogen) atoms. The molecule has 3 aliphatic heterocycles. The standard InChI is InChI=1S/C5H11N3/c1-2-5-6-3-4(1)7-8-5/h4-8H,1-3H2. The molecule has 3 N–H and O–H groups in total. The summed E-state index contributed by atoms with van der Waals surface area (Å²) in [7, 11) is 0. The van der Waals surface area contributed by atoms with E-state index in [0.717, 1.165) is 6.54 Å². The van der Waals surface area contributed by atoms with Crippen LogP contribution < -0.4 is 16.2 Å². The summed E-state index contributed by atoms with van der Waals surface area (Å²) in [5.74, 6) is 0. The molecule has 3 heterocycles. The molecule has 0 amide bonds. The van der Waals surface area contributed by atoms with Crippen LogP contribution in [0.3, 0.4) is 0 Å². The molecule has 3 saturated heterocycles. The molecule has 0 saturated carbocycles. The minimum atomic E-state index is 0.542. The van der Waals surface area contributed by atoms with Gasteiger partial charge in [0.15, 0.2) is 0 Å². The van der Waals surface area contributed by atoms with Gasteiger partial charge in [0.25, 0.3) is 0 Å². The van der Waals surface area contributed by atoms with Crippen LogP contribution >= 0.6 is 0 Å². The first-order chi connectivity index (χ1) is 3.95. The van der Waals surface area contributed by atoms with Gasteiger partial charge in [-0.05, 0) is 12.8 Å². The van der Waals surface area contributed by atoms with E-state index in [2.05, 4.69) is 16.2 Å². The van der Waals surface area contributed by atoms with Crippen LogP contribution in [0.1, 0.15) is 12.8 Å². The van der Waals surface area contributed by atoms with Crippen molar-refractivity contribution < 1.29 is 0 Å². The van der Waals surface area contributed by atoms with Crippen LogP contribution in [-0.4, -0.2) is 18.8 Å². The van der Waals surface area contributed by atoms with E-state index in [1.54, 1.807) is 0 Å². The van der Waals surface area contributed by atoms with Gasteiger partial charge in [-0.2, -0.15) is 0 Å². The maximum absolute atomic E-state index is 3.34. The fourth-order valence-corrected chi connectivity index (χ4v) is 1.32. The number of hydrazine groups is 1. The third-order valence-electron chi connectivity index (χ3n) is 1.88. The Balaban J connectivity index is 2.03. The second-order valence-electron chi connectivity index (χ2n) is 2.52. The lowest BCUT2D eigenvalue weighted by atomic mass is 10.0. The summed E-state index contributed by atoms with van der Waals surface area (Å²) in [4.78, 5) is 0. The van der Waals surface area contributed by atoms with Gasteiger partial charge in [0.1, 0.15) is 0 Å². The summed E-state index contributed by atoms with van der Waals surface area (Å²) in [5.41, 5.74) is 6.36. The van der Waals surface area contributed by atoms with Gasteiger partial charge in [0.05, 0.1) is 6.17 Å². The average Bonchev–Trinajstić information content (AvgIpc) is 1.92. The zero-order chi connectivity index (χ0) is 5.40. The van der Waals surface area contributed by atoms with E-state index in [1.807, 2.05) is 0 Å². The monoisotopic (exact) mass is 113 g/mol. The molecule has 3 fully saturated rings. The Hall–Kier alpha value is -0.120. The Morgan fingerprint density at radius 1 is 1.12 bits per heavy atom. The summed E-state index contributed by atoms with van der Waals surface area (Å²) in [5, 5.41) is 3.34. The molecule has 3 nitrogen and oxygen atoms in total. The first-order valence-corrected chi connectivity index (χ1v) is 3.19. The Morgan fingerprint density at radius 2 is 2.12 bits per heavy atom. The van der Waals surface area contributed by atoms with Gasteiger partial charge >= 0.3 is 0 Å². The van der Waals surface area contributed by atoms with Crippen molar-refractivity contribution in [2.45, 2.75) is 25.0 Å². The largest absolute Gasteiger partial charge is 0.299 e. The molecule has 0 spiro atoms. The number of rotatable bonds is 0. The fraction of sp³-hybridized carbons (Fsp3) is 1.00. The van der Waals surface area contributed by atoms with Crippen LogP contribution in [-0.2, 0) is 0 Å². The van der Waals surface area contributed by atoms with E-state index >= 15 is 0 Å². The number of nitrogens with one attached hydrogen (secondary N) is 3. The topological polar surface area (TPSA) is 36.1 Å². The highest BCUT2D eigenvalue weighted by atomic mass is 15.5. The average molecular weight is 113 g/mol. The van der Waals surface area contributed by atoms with Gasteiger partial charge in [-0.15, -0.1) is 0 Å². The quantitative estimate of drug-likeness (QED) is 0.384. The van der Waals surface area contributed by atoms with Crippen molar-refractivity contribution in [3.8, 4) is 0 Å². The molecule has 2 bridgehead atoms. The van der Waals surface area contributed by atoms with Crippen molar-refractivity contribution in [2.75, 3.05) is 6.54 Å². The zero-order valence-electron chi connectivity index (χ0n) is 4.78.